The standard InChI is InChI=1S/C13H22N4O/c1-10-5-3-4-6-13(10,9-14)17-12-15-7-11(18-2)8-16-12/h7-8,10H,3-6,9,14H2,1-2H3,(H,15,16,17). The van der Waals surface area contributed by atoms with Gasteiger partial charge in [-0.15, -0.1) is 0 Å². The summed E-state index contributed by atoms with van der Waals surface area (Å²) < 4.78 is 5.05. The Labute approximate surface area is 108 Å². The van der Waals surface area contributed by atoms with Crippen LogP contribution in [0.15, 0.2) is 12.4 Å². The van der Waals surface area contributed by atoms with Gasteiger partial charge in [0, 0.05) is 6.54 Å². The molecule has 18 heavy (non-hydrogen) atoms. The maximum absolute atomic E-state index is 5.99. The number of nitrogens with zero attached hydrogens (tertiary/aromatic N) is 2. The molecule has 0 amide bonds. The van der Waals surface area contributed by atoms with E-state index in [1.165, 1.54) is 19.3 Å². The van der Waals surface area contributed by atoms with E-state index in [1.54, 1.807) is 19.5 Å². The average molecular weight is 250 g/mol. The Morgan fingerprint density at radius 3 is 2.72 bits per heavy atom. The number of methoxy groups -OCH3 is 1. The van der Waals surface area contributed by atoms with Crippen molar-refractivity contribution in [1.82, 2.24) is 9.97 Å². The van der Waals surface area contributed by atoms with E-state index in [1.807, 2.05) is 0 Å². The highest BCUT2D eigenvalue weighted by Gasteiger charge is 2.37. The summed E-state index contributed by atoms with van der Waals surface area (Å²) in [7, 11) is 1.61. The Morgan fingerprint density at radius 1 is 1.44 bits per heavy atom. The number of hydrogen-bond acceptors (Lipinski definition) is 5. The molecule has 1 aliphatic rings. The van der Waals surface area contributed by atoms with E-state index in [4.69, 9.17) is 10.5 Å². The first-order valence-electron chi connectivity index (χ1n) is 6.54. The minimum Gasteiger partial charge on any atom is -0.494 e. The second-order valence-electron chi connectivity index (χ2n) is 5.08. The van der Waals surface area contributed by atoms with Gasteiger partial charge in [-0.3, -0.25) is 0 Å². The van der Waals surface area contributed by atoms with Gasteiger partial charge in [-0.2, -0.15) is 0 Å². The van der Waals surface area contributed by atoms with Crippen LogP contribution >= 0.6 is 0 Å². The second kappa shape index (κ2) is 5.52. The first-order chi connectivity index (χ1) is 8.70. The molecule has 1 fully saturated rings. The molecule has 0 aromatic carbocycles. The zero-order valence-electron chi connectivity index (χ0n) is 11.1. The van der Waals surface area contributed by atoms with Crippen LogP contribution in [0.1, 0.15) is 32.6 Å². The van der Waals surface area contributed by atoms with Crippen molar-refractivity contribution in [3.63, 3.8) is 0 Å². The molecule has 1 aromatic rings. The molecule has 2 rings (SSSR count). The lowest BCUT2D eigenvalue weighted by Gasteiger charge is -2.42. The molecule has 100 valence electrons. The van der Waals surface area contributed by atoms with Gasteiger partial charge < -0.3 is 15.8 Å². The molecule has 0 radical (unpaired) electrons. The Kier molecular flexibility index (Phi) is 4.01. The van der Waals surface area contributed by atoms with E-state index in [9.17, 15) is 0 Å². The summed E-state index contributed by atoms with van der Waals surface area (Å²) in [5.41, 5.74) is 5.93. The number of ether oxygens (including phenoxy) is 1. The topological polar surface area (TPSA) is 73.1 Å². The SMILES string of the molecule is COc1cnc(NC2(CN)CCCCC2C)nc1. The van der Waals surface area contributed by atoms with Gasteiger partial charge in [0.15, 0.2) is 5.75 Å². The zero-order valence-corrected chi connectivity index (χ0v) is 11.1. The van der Waals surface area contributed by atoms with Crippen molar-refractivity contribution in [1.29, 1.82) is 0 Å². The van der Waals surface area contributed by atoms with Crippen LogP contribution in [-0.2, 0) is 0 Å². The van der Waals surface area contributed by atoms with E-state index in [0.29, 0.717) is 24.2 Å². The van der Waals surface area contributed by atoms with E-state index < -0.39 is 0 Å². The normalized spacial score (nSPS) is 27.8. The van der Waals surface area contributed by atoms with Crippen molar-refractivity contribution in [3.8, 4) is 5.75 Å². The van der Waals surface area contributed by atoms with Crippen LogP contribution in [-0.4, -0.2) is 29.2 Å². The van der Waals surface area contributed by atoms with Gasteiger partial charge in [-0.1, -0.05) is 19.8 Å². The molecule has 2 atom stereocenters. The minimum absolute atomic E-state index is 0.0627. The van der Waals surface area contributed by atoms with Gasteiger partial charge in [0.1, 0.15) is 0 Å². The number of aromatic nitrogens is 2. The zero-order chi connectivity index (χ0) is 13.0. The highest BCUT2D eigenvalue weighted by molar-refractivity contribution is 5.32. The van der Waals surface area contributed by atoms with Crippen LogP contribution in [0.25, 0.3) is 0 Å². The molecule has 1 aromatic heterocycles. The minimum atomic E-state index is -0.0627. The molecule has 0 bridgehead atoms. The van der Waals surface area contributed by atoms with Crippen molar-refractivity contribution >= 4 is 5.95 Å². The van der Waals surface area contributed by atoms with E-state index >= 15 is 0 Å². The lowest BCUT2D eigenvalue weighted by molar-refractivity contribution is 0.234. The fourth-order valence-corrected chi connectivity index (χ4v) is 2.66. The molecule has 2 unspecified atom stereocenters. The number of rotatable bonds is 4. The Balaban J connectivity index is 2.13. The molecule has 0 saturated heterocycles. The van der Waals surface area contributed by atoms with Crippen LogP contribution in [0.4, 0.5) is 5.95 Å². The fourth-order valence-electron chi connectivity index (χ4n) is 2.66. The summed E-state index contributed by atoms with van der Waals surface area (Å²) in [6, 6.07) is 0. The third-order valence-electron chi connectivity index (χ3n) is 4.04. The lowest BCUT2D eigenvalue weighted by Crippen LogP contribution is -2.52. The van der Waals surface area contributed by atoms with E-state index in [-0.39, 0.29) is 5.54 Å². The summed E-state index contributed by atoms with van der Waals surface area (Å²) in [5, 5.41) is 3.44. The third-order valence-corrected chi connectivity index (χ3v) is 4.04. The third kappa shape index (κ3) is 2.56. The predicted molar refractivity (Wildman–Crippen MR) is 71.6 cm³/mol. The van der Waals surface area contributed by atoms with Gasteiger partial charge in [-0.05, 0) is 18.8 Å². The largest absolute Gasteiger partial charge is 0.494 e. The highest BCUT2D eigenvalue weighted by Crippen LogP contribution is 2.35. The first-order valence-corrected chi connectivity index (χ1v) is 6.54. The molecular weight excluding hydrogens is 228 g/mol. The van der Waals surface area contributed by atoms with Gasteiger partial charge >= 0.3 is 0 Å². The van der Waals surface area contributed by atoms with Crippen LogP contribution in [0.2, 0.25) is 0 Å². The molecule has 0 spiro atoms. The number of hydrogen-bond donors (Lipinski definition) is 2. The predicted octanol–water partition coefficient (Wildman–Crippen LogP) is 1.80. The number of nitrogens with two attached hydrogens (primary N) is 1. The summed E-state index contributed by atoms with van der Waals surface area (Å²) in [4.78, 5) is 8.54. The van der Waals surface area contributed by atoms with Crippen molar-refractivity contribution in [2.24, 2.45) is 11.7 Å². The van der Waals surface area contributed by atoms with E-state index in [0.717, 1.165) is 6.42 Å². The Morgan fingerprint density at radius 2 is 2.17 bits per heavy atom. The summed E-state index contributed by atoms with van der Waals surface area (Å²) in [6.45, 7) is 2.87. The quantitative estimate of drug-likeness (QED) is 0.852. The van der Waals surface area contributed by atoms with Gasteiger partial charge in [0.25, 0.3) is 0 Å². The van der Waals surface area contributed by atoms with E-state index in [2.05, 4.69) is 22.2 Å². The molecule has 5 nitrogen and oxygen atoms in total. The van der Waals surface area contributed by atoms with Crippen molar-refractivity contribution in [2.45, 2.75) is 38.1 Å². The monoisotopic (exact) mass is 250 g/mol. The number of nitrogens with one attached hydrogen (secondary N) is 1. The van der Waals surface area contributed by atoms with Crippen molar-refractivity contribution < 1.29 is 4.74 Å². The molecular formula is C13H22N4O. The van der Waals surface area contributed by atoms with Crippen molar-refractivity contribution in [3.05, 3.63) is 12.4 Å². The lowest BCUT2D eigenvalue weighted by atomic mass is 9.73. The van der Waals surface area contributed by atoms with Crippen LogP contribution in [0.5, 0.6) is 5.75 Å². The highest BCUT2D eigenvalue weighted by atomic mass is 16.5. The Hall–Kier alpha value is -1.36. The van der Waals surface area contributed by atoms with Gasteiger partial charge in [-0.25, -0.2) is 9.97 Å². The molecule has 1 heterocycles. The van der Waals surface area contributed by atoms with Crippen LogP contribution < -0.4 is 15.8 Å². The fraction of sp³-hybridized carbons (Fsp3) is 0.692. The summed E-state index contributed by atoms with van der Waals surface area (Å²) in [6.07, 6.45) is 8.14. The smallest absolute Gasteiger partial charge is 0.223 e. The van der Waals surface area contributed by atoms with Crippen LogP contribution in [0.3, 0.4) is 0 Å². The number of anilines is 1. The molecule has 0 aliphatic heterocycles. The average Bonchev–Trinajstić information content (AvgIpc) is 2.42. The molecule has 5 heteroatoms. The van der Waals surface area contributed by atoms with Crippen molar-refractivity contribution in [2.75, 3.05) is 19.0 Å². The molecule has 1 aliphatic carbocycles. The summed E-state index contributed by atoms with van der Waals surface area (Å²) in [5.74, 6) is 1.84. The maximum atomic E-state index is 5.99. The summed E-state index contributed by atoms with van der Waals surface area (Å²) >= 11 is 0. The second-order valence-corrected chi connectivity index (χ2v) is 5.08. The molecule has 1 saturated carbocycles. The van der Waals surface area contributed by atoms with Gasteiger partial charge in [0.05, 0.1) is 25.0 Å². The van der Waals surface area contributed by atoms with Gasteiger partial charge in [0.2, 0.25) is 5.95 Å². The molecule has 3 N–H and O–H groups in total. The van der Waals surface area contributed by atoms with Crippen LogP contribution in [0, 0.1) is 5.92 Å². The Bertz CT molecular complexity index is 381. The maximum Gasteiger partial charge on any atom is 0.223 e. The first kappa shape index (κ1) is 13.1.